The number of halogens is 1. The molecule has 0 heterocycles. The molecule has 7 heteroatoms. The summed E-state index contributed by atoms with van der Waals surface area (Å²) in [5.74, 6) is -2.97. The van der Waals surface area contributed by atoms with Gasteiger partial charge >= 0.3 is 5.97 Å². The van der Waals surface area contributed by atoms with Crippen LogP contribution in [-0.2, 0) is 16.0 Å². The van der Waals surface area contributed by atoms with E-state index in [1.165, 1.54) is 30.3 Å². The van der Waals surface area contributed by atoms with E-state index in [4.69, 9.17) is 0 Å². The first-order valence-electron chi connectivity index (χ1n) is 9.83. The van der Waals surface area contributed by atoms with Crippen molar-refractivity contribution >= 4 is 23.9 Å². The van der Waals surface area contributed by atoms with Crippen LogP contribution in [-0.4, -0.2) is 28.9 Å². The summed E-state index contributed by atoms with van der Waals surface area (Å²) >= 11 is 0. The number of carbonyl (C=O) groups is 3. The van der Waals surface area contributed by atoms with Crippen LogP contribution < -0.4 is 10.6 Å². The molecule has 162 valence electrons. The van der Waals surface area contributed by atoms with Crippen molar-refractivity contribution in [1.82, 2.24) is 10.6 Å². The Bertz CT molecular complexity index is 1110. The van der Waals surface area contributed by atoms with E-state index in [1.54, 1.807) is 60.7 Å². The molecule has 3 aromatic carbocycles. The highest BCUT2D eigenvalue weighted by Crippen LogP contribution is 2.10. The Hall–Kier alpha value is -4.26. The zero-order chi connectivity index (χ0) is 22.9. The van der Waals surface area contributed by atoms with Crippen molar-refractivity contribution in [1.29, 1.82) is 0 Å². The van der Waals surface area contributed by atoms with Gasteiger partial charge < -0.3 is 15.7 Å². The Morgan fingerprint density at radius 1 is 0.875 bits per heavy atom. The van der Waals surface area contributed by atoms with E-state index in [0.29, 0.717) is 11.1 Å². The molecule has 0 saturated carbocycles. The molecular formula is C25H21FN2O4. The van der Waals surface area contributed by atoms with Crippen LogP contribution in [0.2, 0.25) is 0 Å². The second kappa shape index (κ2) is 10.7. The smallest absolute Gasteiger partial charge is 0.326 e. The number of hydrogen-bond donors (Lipinski definition) is 3. The molecule has 0 aromatic heterocycles. The Morgan fingerprint density at radius 2 is 1.47 bits per heavy atom. The second-order valence-corrected chi connectivity index (χ2v) is 6.98. The fourth-order valence-electron chi connectivity index (χ4n) is 2.95. The maximum absolute atomic E-state index is 13.2. The summed E-state index contributed by atoms with van der Waals surface area (Å²) in [5.41, 5.74) is 1.35. The average Bonchev–Trinajstić information content (AvgIpc) is 2.80. The molecule has 0 fully saturated rings. The number of carbonyl (C=O) groups excluding carboxylic acids is 2. The number of rotatable bonds is 8. The van der Waals surface area contributed by atoms with Gasteiger partial charge in [0.05, 0.1) is 0 Å². The summed E-state index contributed by atoms with van der Waals surface area (Å²) in [6, 6.07) is 21.2. The highest BCUT2D eigenvalue weighted by molar-refractivity contribution is 6.06. The largest absolute Gasteiger partial charge is 0.480 e. The molecule has 3 aromatic rings. The zero-order valence-electron chi connectivity index (χ0n) is 17.0. The lowest BCUT2D eigenvalue weighted by Gasteiger charge is -2.17. The predicted molar refractivity (Wildman–Crippen MR) is 118 cm³/mol. The van der Waals surface area contributed by atoms with Crippen molar-refractivity contribution in [2.75, 3.05) is 0 Å². The summed E-state index contributed by atoms with van der Waals surface area (Å²) in [4.78, 5) is 37.3. The summed E-state index contributed by atoms with van der Waals surface area (Å²) in [7, 11) is 0. The van der Waals surface area contributed by atoms with Crippen LogP contribution in [0.4, 0.5) is 4.39 Å². The summed E-state index contributed by atoms with van der Waals surface area (Å²) in [5, 5.41) is 14.6. The van der Waals surface area contributed by atoms with Gasteiger partial charge in [0.2, 0.25) is 0 Å². The minimum atomic E-state index is -1.21. The maximum Gasteiger partial charge on any atom is 0.326 e. The number of aliphatic carboxylic acids is 1. The Morgan fingerprint density at radius 3 is 2.06 bits per heavy atom. The first-order chi connectivity index (χ1) is 15.4. The Labute approximate surface area is 184 Å². The van der Waals surface area contributed by atoms with Gasteiger partial charge in [0, 0.05) is 12.0 Å². The van der Waals surface area contributed by atoms with Crippen LogP contribution in [0.5, 0.6) is 0 Å². The quantitative estimate of drug-likeness (QED) is 0.476. The van der Waals surface area contributed by atoms with Gasteiger partial charge in [-0.1, -0.05) is 60.7 Å². The number of amides is 2. The third-order valence-corrected chi connectivity index (χ3v) is 4.60. The van der Waals surface area contributed by atoms with Gasteiger partial charge in [0.25, 0.3) is 11.8 Å². The van der Waals surface area contributed by atoms with E-state index in [9.17, 15) is 23.9 Å². The molecule has 1 atom stereocenters. The van der Waals surface area contributed by atoms with Crippen LogP contribution in [0, 0.1) is 5.82 Å². The monoisotopic (exact) mass is 432 g/mol. The van der Waals surface area contributed by atoms with E-state index in [0.717, 1.165) is 5.56 Å². The standard InChI is InChI=1S/C25H21FN2O4/c26-20-13-11-18(12-14-20)15-21(27-23(29)19-9-5-2-6-10-19)24(30)28-22(25(31)32)16-17-7-3-1-4-8-17/h1-15,22H,16H2,(H,27,29)(H,28,30)(H,31,32)/b21-15-. The first kappa shape index (κ1) is 22.4. The van der Waals surface area contributed by atoms with E-state index in [-0.39, 0.29) is 12.1 Å². The topological polar surface area (TPSA) is 95.5 Å². The van der Waals surface area contributed by atoms with Crippen LogP contribution in [0.3, 0.4) is 0 Å². The lowest BCUT2D eigenvalue weighted by atomic mass is 10.1. The van der Waals surface area contributed by atoms with E-state index in [1.807, 2.05) is 0 Å². The SMILES string of the molecule is O=C(NC(Cc1ccccc1)C(=O)O)/C(=C/c1ccc(F)cc1)NC(=O)c1ccccc1. The van der Waals surface area contributed by atoms with Crippen molar-refractivity contribution in [2.45, 2.75) is 12.5 Å². The third-order valence-electron chi connectivity index (χ3n) is 4.60. The first-order valence-corrected chi connectivity index (χ1v) is 9.83. The van der Waals surface area contributed by atoms with Crippen LogP contribution in [0.1, 0.15) is 21.5 Å². The second-order valence-electron chi connectivity index (χ2n) is 6.98. The van der Waals surface area contributed by atoms with Gasteiger partial charge in [-0.15, -0.1) is 0 Å². The summed E-state index contributed by atoms with van der Waals surface area (Å²) in [6.45, 7) is 0. The van der Waals surface area contributed by atoms with Gasteiger partial charge in [-0.3, -0.25) is 9.59 Å². The van der Waals surface area contributed by atoms with Gasteiger partial charge in [-0.25, -0.2) is 9.18 Å². The highest BCUT2D eigenvalue weighted by Gasteiger charge is 2.23. The number of carboxylic acid groups (broad SMARTS) is 1. The molecule has 2 amide bonds. The van der Waals surface area contributed by atoms with Gasteiger partial charge in [-0.2, -0.15) is 0 Å². The molecule has 32 heavy (non-hydrogen) atoms. The molecule has 0 spiro atoms. The minimum Gasteiger partial charge on any atom is -0.480 e. The van der Waals surface area contributed by atoms with Crippen molar-refractivity contribution in [3.8, 4) is 0 Å². The molecule has 0 radical (unpaired) electrons. The number of nitrogens with one attached hydrogen (secondary N) is 2. The summed E-state index contributed by atoms with van der Waals surface area (Å²) < 4.78 is 13.2. The molecular weight excluding hydrogens is 411 g/mol. The maximum atomic E-state index is 13.2. The van der Waals surface area contributed by atoms with Gasteiger partial charge in [0.1, 0.15) is 17.6 Å². The van der Waals surface area contributed by atoms with Crippen LogP contribution in [0.15, 0.2) is 90.6 Å². The van der Waals surface area contributed by atoms with Crippen molar-refractivity contribution in [3.05, 3.63) is 113 Å². The van der Waals surface area contributed by atoms with Gasteiger partial charge in [0.15, 0.2) is 0 Å². The molecule has 0 saturated heterocycles. The van der Waals surface area contributed by atoms with E-state index >= 15 is 0 Å². The minimum absolute atomic E-state index is 0.0678. The number of hydrogen-bond acceptors (Lipinski definition) is 3. The van der Waals surface area contributed by atoms with Crippen molar-refractivity contribution in [2.24, 2.45) is 0 Å². The fourth-order valence-corrected chi connectivity index (χ4v) is 2.95. The highest BCUT2D eigenvalue weighted by atomic mass is 19.1. The molecule has 1 unspecified atom stereocenters. The summed E-state index contributed by atoms with van der Waals surface area (Å²) in [6.07, 6.45) is 1.43. The van der Waals surface area contributed by atoms with Crippen molar-refractivity contribution in [3.63, 3.8) is 0 Å². The molecule has 3 N–H and O–H groups in total. The molecule has 0 aliphatic rings. The lowest BCUT2D eigenvalue weighted by molar-refractivity contribution is -0.141. The molecule has 6 nitrogen and oxygen atoms in total. The lowest BCUT2D eigenvalue weighted by Crippen LogP contribution is -2.45. The van der Waals surface area contributed by atoms with Crippen molar-refractivity contribution < 1.29 is 23.9 Å². The Balaban J connectivity index is 1.85. The van der Waals surface area contributed by atoms with E-state index < -0.39 is 29.6 Å². The van der Waals surface area contributed by atoms with Crippen LogP contribution >= 0.6 is 0 Å². The number of benzene rings is 3. The normalized spacial score (nSPS) is 12.0. The molecule has 3 rings (SSSR count). The zero-order valence-corrected chi connectivity index (χ0v) is 17.0. The van der Waals surface area contributed by atoms with Crippen LogP contribution in [0.25, 0.3) is 6.08 Å². The van der Waals surface area contributed by atoms with E-state index in [2.05, 4.69) is 10.6 Å². The predicted octanol–water partition coefficient (Wildman–Crippen LogP) is 3.41. The fraction of sp³-hybridized carbons (Fsp3) is 0.0800. The number of carboxylic acids is 1. The molecule has 0 aliphatic carbocycles. The third kappa shape index (κ3) is 6.37. The Kier molecular flexibility index (Phi) is 7.48. The van der Waals surface area contributed by atoms with Gasteiger partial charge in [-0.05, 0) is 41.5 Å². The molecule has 0 aliphatic heterocycles. The average molecular weight is 432 g/mol. The molecule has 0 bridgehead atoms.